The van der Waals surface area contributed by atoms with E-state index < -0.39 is 36.5 Å². The number of alkyl halides is 1. The molecule has 0 radical (unpaired) electrons. The maximum absolute atomic E-state index is 13.0. The van der Waals surface area contributed by atoms with Crippen molar-refractivity contribution in [3.63, 3.8) is 0 Å². The van der Waals surface area contributed by atoms with Gasteiger partial charge >= 0.3 is 18.0 Å². The summed E-state index contributed by atoms with van der Waals surface area (Å²) in [6.07, 6.45) is -3.61. The molecule has 254 valence electrons. The highest BCUT2D eigenvalue weighted by Gasteiger charge is 2.48. The van der Waals surface area contributed by atoms with Crippen LogP contribution < -0.4 is 15.4 Å². The zero-order valence-electron chi connectivity index (χ0n) is 27.2. The number of benzene rings is 3. The Balaban J connectivity index is 1.17. The van der Waals surface area contributed by atoms with Crippen molar-refractivity contribution in [2.45, 2.75) is 56.9 Å². The normalized spacial score (nSPS) is 21.3. The summed E-state index contributed by atoms with van der Waals surface area (Å²) in [5.74, 6) is -1.98. The van der Waals surface area contributed by atoms with Crippen LogP contribution in [0.3, 0.4) is 0 Å². The first-order valence-electron chi connectivity index (χ1n) is 15.8. The summed E-state index contributed by atoms with van der Waals surface area (Å²) in [6.45, 7) is 5.19. The predicted octanol–water partition coefficient (Wildman–Crippen LogP) is 5.93. The average Bonchev–Trinajstić information content (AvgIpc) is 3.40. The number of rotatable bonds is 11. The van der Waals surface area contributed by atoms with Crippen molar-refractivity contribution in [2.24, 2.45) is 11.8 Å². The Kier molecular flexibility index (Phi) is 11.4. The van der Waals surface area contributed by atoms with E-state index in [0.29, 0.717) is 16.8 Å². The lowest BCUT2D eigenvalue weighted by Gasteiger charge is -2.42. The number of ether oxygens (including phenoxy) is 5. The van der Waals surface area contributed by atoms with Crippen LogP contribution in [0.5, 0.6) is 5.75 Å². The first kappa shape index (κ1) is 34.9. The third kappa shape index (κ3) is 7.82. The number of amides is 2. The van der Waals surface area contributed by atoms with Crippen LogP contribution in [-0.4, -0.2) is 62.7 Å². The molecule has 3 aromatic rings. The number of esters is 2. The van der Waals surface area contributed by atoms with Gasteiger partial charge in [-0.2, -0.15) is 0 Å². The van der Waals surface area contributed by atoms with E-state index >= 15 is 0 Å². The maximum atomic E-state index is 13.0. The summed E-state index contributed by atoms with van der Waals surface area (Å²) < 4.78 is 28.1. The smallest absolute Gasteiger partial charge is 0.407 e. The van der Waals surface area contributed by atoms with Crippen LogP contribution in [0.4, 0.5) is 10.5 Å². The lowest BCUT2D eigenvalue weighted by atomic mass is 9.84. The van der Waals surface area contributed by atoms with Crippen LogP contribution in [0.25, 0.3) is 11.1 Å². The fourth-order valence-electron chi connectivity index (χ4n) is 6.10. The second-order valence-corrected chi connectivity index (χ2v) is 12.4. The summed E-state index contributed by atoms with van der Waals surface area (Å²) in [7, 11) is 1.23. The van der Waals surface area contributed by atoms with Gasteiger partial charge in [-0.25, -0.2) is 9.59 Å². The Bertz CT molecular complexity index is 1620. The summed E-state index contributed by atoms with van der Waals surface area (Å²) in [5, 5.41) is 6.05. The van der Waals surface area contributed by atoms with Crippen LogP contribution >= 0.6 is 15.9 Å². The SMILES string of the molecule is COC(=O)[C@H]1O[C@@H](Oc2ccc(CBr)cc2NC(=O)CCNC(=O)OCC2c3ccccc3-c3ccccc32)[C@H](C)[C@@H](C)[C@@H]1OC(C)=O. The quantitative estimate of drug-likeness (QED) is 0.140. The zero-order chi connectivity index (χ0) is 34.4. The van der Waals surface area contributed by atoms with Gasteiger partial charge in [-0.3, -0.25) is 9.59 Å². The van der Waals surface area contributed by atoms with Crippen molar-refractivity contribution in [3.05, 3.63) is 83.4 Å². The molecular formula is C36H39BrN2O9. The lowest BCUT2D eigenvalue weighted by Crippen LogP contribution is -2.55. The molecule has 0 aromatic heterocycles. The summed E-state index contributed by atoms with van der Waals surface area (Å²) >= 11 is 3.44. The van der Waals surface area contributed by atoms with Gasteiger partial charge in [0, 0.05) is 43.0 Å². The highest BCUT2D eigenvalue weighted by atomic mass is 79.9. The Morgan fingerprint density at radius 2 is 1.58 bits per heavy atom. The van der Waals surface area contributed by atoms with Gasteiger partial charge in [0.1, 0.15) is 18.5 Å². The average molecular weight is 724 g/mol. The third-order valence-corrected chi connectivity index (χ3v) is 9.42. The minimum atomic E-state index is -1.20. The number of alkyl carbamates (subject to hydrolysis) is 1. The number of anilines is 1. The van der Waals surface area contributed by atoms with Crippen LogP contribution in [0, 0.1) is 11.8 Å². The van der Waals surface area contributed by atoms with Gasteiger partial charge in [-0.1, -0.05) is 84.4 Å². The van der Waals surface area contributed by atoms with E-state index in [9.17, 15) is 19.2 Å². The highest BCUT2D eigenvalue weighted by Crippen LogP contribution is 2.44. The predicted molar refractivity (Wildman–Crippen MR) is 181 cm³/mol. The largest absolute Gasteiger partial charge is 0.467 e. The number of nitrogens with one attached hydrogen (secondary N) is 2. The van der Waals surface area contributed by atoms with E-state index in [0.717, 1.165) is 27.8 Å². The summed E-state index contributed by atoms with van der Waals surface area (Å²) in [5.41, 5.74) is 5.77. The minimum Gasteiger partial charge on any atom is -0.467 e. The molecule has 1 saturated heterocycles. The zero-order valence-corrected chi connectivity index (χ0v) is 28.8. The second kappa shape index (κ2) is 15.7. The molecular weight excluding hydrogens is 684 g/mol. The third-order valence-electron chi connectivity index (χ3n) is 8.77. The molecule has 1 heterocycles. The van der Waals surface area contributed by atoms with Gasteiger partial charge in [0.05, 0.1) is 12.8 Å². The van der Waals surface area contributed by atoms with Crippen LogP contribution in [0.1, 0.15) is 49.8 Å². The molecule has 1 aliphatic carbocycles. The molecule has 0 spiro atoms. The molecule has 1 aliphatic heterocycles. The van der Waals surface area contributed by atoms with Crippen molar-refractivity contribution in [1.82, 2.24) is 5.32 Å². The van der Waals surface area contributed by atoms with Crippen molar-refractivity contribution in [3.8, 4) is 16.9 Å². The number of carbonyl (C=O) groups excluding carboxylic acids is 4. The maximum Gasteiger partial charge on any atom is 0.407 e. The fraction of sp³-hybridized carbons (Fsp3) is 0.389. The standard InChI is InChI=1S/C36H39BrN2O9/c1-20-21(2)35(48-33(34(42)44-4)32(20)46-22(3)40)47-30-14-13-23(18-37)17-29(30)39-31(41)15-16-38-36(43)45-19-28-26-11-7-5-9-24(26)25-10-6-8-12-27(25)28/h5-14,17,20-21,28,32-33,35H,15-16,18-19H2,1-4H3,(H,38,43)(H,39,41)/t20-,21-,32+,33+,35-/m1/s1. The molecule has 3 aromatic carbocycles. The van der Waals surface area contributed by atoms with Gasteiger partial charge in [0.25, 0.3) is 0 Å². The monoisotopic (exact) mass is 722 g/mol. The van der Waals surface area contributed by atoms with Crippen molar-refractivity contribution in [2.75, 3.05) is 25.6 Å². The topological polar surface area (TPSA) is 138 Å². The number of halogens is 1. The van der Waals surface area contributed by atoms with Gasteiger partial charge in [0.2, 0.25) is 12.2 Å². The number of methoxy groups -OCH3 is 1. The van der Waals surface area contributed by atoms with Gasteiger partial charge in [-0.05, 0) is 39.9 Å². The molecule has 0 bridgehead atoms. The fourth-order valence-corrected chi connectivity index (χ4v) is 6.45. The van der Waals surface area contributed by atoms with Crippen molar-refractivity contribution < 1.29 is 42.9 Å². The molecule has 0 unspecified atom stereocenters. The van der Waals surface area contributed by atoms with E-state index in [1.165, 1.54) is 14.0 Å². The minimum absolute atomic E-state index is 0.0238. The first-order valence-corrected chi connectivity index (χ1v) is 16.9. The Morgan fingerprint density at radius 1 is 0.917 bits per heavy atom. The van der Waals surface area contributed by atoms with E-state index in [1.54, 1.807) is 12.1 Å². The molecule has 12 heteroatoms. The van der Waals surface area contributed by atoms with Crippen molar-refractivity contribution >= 4 is 45.6 Å². The lowest BCUT2D eigenvalue weighted by molar-refractivity contribution is -0.243. The summed E-state index contributed by atoms with van der Waals surface area (Å²) in [6, 6.07) is 21.5. The van der Waals surface area contributed by atoms with Gasteiger partial charge in [0.15, 0.2) is 6.10 Å². The Hall–Kier alpha value is -4.42. The Morgan fingerprint density at radius 3 is 2.21 bits per heavy atom. The molecule has 1 fully saturated rings. The molecule has 2 aliphatic rings. The Labute approximate surface area is 287 Å². The molecule has 5 rings (SSSR count). The molecule has 5 atom stereocenters. The molecule has 48 heavy (non-hydrogen) atoms. The molecule has 2 N–H and O–H groups in total. The molecule has 0 saturated carbocycles. The van der Waals surface area contributed by atoms with E-state index in [2.05, 4.69) is 38.7 Å². The van der Waals surface area contributed by atoms with Gasteiger partial charge < -0.3 is 34.3 Å². The second-order valence-electron chi connectivity index (χ2n) is 11.9. The first-order chi connectivity index (χ1) is 23.1. The molecule has 2 amide bonds. The van der Waals surface area contributed by atoms with Crippen LogP contribution in [0.2, 0.25) is 0 Å². The van der Waals surface area contributed by atoms with Crippen LogP contribution in [-0.2, 0) is 38.7 Å². The number of carbonyl (C=O) groups is 4. The number of fused-ring (bicyclic) bond motifs is 3. The van der Waals surface area contributed by atoms with E-state index in [-0.39, 0.29) is 43.2 Å². The molecule has 11 nitrogen and oxygen atoms in total. The number of hydrogen-bond acceptors (Lipinski definition) is 9. The van der Waals surface area contributed by atoms with E-state index in [1.807, 2.05) is 56.3 Å². The van der Waals surface area contributed by atoms with E-state index in [4.69, 9.17) is 23.7 Å². The van der Waals surface area contributed by atoms with Crippen molar-refractivity contribution in [1.29, 1.82) is 0 Å². The summed E-state index contributed by atoms with van der Waals surface area (Å²) in [4.78, 5) is 49.9. The number of hydrogen-bond donors (Lipinski definition) is 2. The highest BCUT2D eigenvalue weighted by molar-refractivity contribution is 9.08. The van der Waals surface area contributed by atoms with Crippen LogP contribution in [0.15, 0.2) is 66.7 Å². The van der Waals surface area contributed by atoms with Gasteiger partial charge in [-0.15, -0.1) is 0 Å².